The number of rotatable bonds is 9. The number of aliphatic hydroxyl groups excluding tert-OH is 1. The van der Waals surface area contributed by atoms with E-state index in [0.717, 1.165) is 25.8 Å². The smallest absolute Gasteiger partial charge is 0.225 e. The van der Waals surface area contributed by atoms with Crippen LogP contribution >= 0.6 is 23.2 Å². The Kier molecular flexibility index (Phi) is 8.69. The van der Waals surface area contributed by atoms with E-state index in [1.165, 1.54) is 0 Å². The molecule has 0 heterocycles. The van der Waals surface area contributed by atoms with Crippen LogP contribution < -0.4 is 5.32 Å². The number of benzene rings is 1. The minimum atomic E-state index is -0.104. The van der Waals surface area contributed by atoms with Crippen LogP contribution in [0.3, 0.4) is 0 Å². The summed E-state index contributed by atoms with van der Waals surface area (Å²) >= 11 is 12.0. The van der Waals surface area contributed by atoms with Gasteiger partial charge < -0.3 is 15.3 Å². The van der Waals surface area contributed by atoms with Gasteiger partial charge in [0.1, 0.15) is 0 Å². The molecule has 0 bridgehead atoms. The first-order valence-electron chi connectivity index (χ1n) is 7.08. The van der Waals surface area contributed by atoms with Gasteiger partial charge in [0.15, 0.2) is 0 Å². The van der Waals surface area contributed by atoms with Gasteiger partial charge in [0.2, 0.25) is 5.91 Å². The third-order valence-electron chi connectivity index (χ3n) is 3.15. The monoisotopic (exact) mass is 332 g/mol. The standard InChI is InChI=1S/C15H22Cl2N2O2/c1-19(9-3-2-4-11-20)10-8-14(21)18-15-12(16)6-5-7-13(15)17/h5-7,20H,2-4,8-11H2,1H3,(H,18,21). The van der Waals surface area contributed by atoms with Crippen molar-refractivity contribution in [3.05, 3.63) is 28.2 Å². The fraction of sp³-hybridized carbons (Fsp3) is 0.533. The molecule has 0 aliphatic heterocycles. The van der Waals surface area contributed by atoms with Crippen LogP contribution in [-0.2, 0) is 4.79 Å². The van der Waals surface area contributed by atoms with Gasteiger partial charge in [0.25, 0.3) is 0 Å². The molecule has 21 heavy (non-hydrogen) atoms. The van der Waals surface area contributed by atoms with Crippen LogP contribution in [0.25, 0.3) is 0 Å². The van der Waals surface area contributed by atoms with Crippen LogP contribution in [0.2, 0.25) is 10.0 Å². The molecule has 0 saturated heterocycles. The van der Waals surface area contributed by atoms with Gasteiger partial charge in [0, 0.05) is 19.6 Å². The minimum absolute atomic E-state index is 0.104. The second kappa shape index (κ2) is 10.0. The molecule has 0 saturated carbocycles. The van der Waals surface area contributed by atoms with Crippen molar-refractivity contribution in [2.75, 3.05) is 32.1 Å². The highest BCUT2D eigenvalue weighted by atomic mass is 35.5. The van der Waals surface area contributed by atoms with Crippen LogP contribution in [0, 0.1) is 0 Å². The number of para-hydroxylation sites is 1. The van der Waals surface area contributed by atoms with Crippen molar-refractivity contribution in [2.45, 2.75) is 25.7 Å². The van der Waals surface area contributed by atoms with Gasteiger partial charge >= 0.3 is 0 Å². The van der Waals surface area contributed by atoms with E-state index >= 15 is 0 Å². The summed E-state index contributed by atoms with van der Waals surface area (Å²) in [5.41, 5.74) is 0.469. The van der Waals surface area contributed by atoms with Crippen LogP contribution in [0.5, 0.6) is 0 Å². The lowest BCUT2D eigenvalue weighted by atomic mass is 10.2. The van der Waals surface area contributed by atoms with Crippen molar-refractivity contribution in [3.8, 4) is 0 Å². The van der Waals surface area contributed by atoms with Crippen LogP contribution in [0.1, 0.15) is 25.7 Å². The van der Waals surface area contributed by atoms with Gasteiger partial charge in [-0.05, 0) is 45.0 Å². The van der Waals surface area contributed by atoms with E-state index in [-0.39, 0.29) is 12.5 Å². The molecule has 0 aromatic heterocycles. The van der Waals surface area contributed by atoms with Crippen LogP contribution in [0.4, 0.5) is 5.69 Å². The third-order valence-corrected chi connectivity index (χ3v) is 3.78. The number of anilines is 1. The van der Waals surface area contributed by atoms with Crippen molar-refractivity contribution < 1.29 is 9.90 Å². The van der Waals surface area contributed by atoms with Crippen LogP contribution in [0.15, 0.2) is 18.2 Å². The molecule has 0 spiro atoms. The van der Waals surface area contributed by atoms with E-state index in [1.54, 1.807) is 18.2 Å². The fourth-order valence-corrected chi connectivity index (χ4v) is 2.39. The molecule has 0 aliphatic carbocycles. The zero-order valence-electron chi connectivity index (χ0n) is 12.2. The number of halogens is 2. The fourth-order valence-electron chi connectivity index (χ4n) is 1.89. The van der Waals surface area contributed by atoms with Gasteiger partial charge in [-0.25, -0.2) is 0 Å². The quantitative estimate of drug-likeness (QED) is 0.681. The average molecular weight is 333 g/mol. The maximum atomic E-state index is 11.9. The van der Waals surface area contributed by atoms with E-state index in [0.29, 0.717) is 28.7 Å². The molecule has 2 N–H and O–H groups in total. The Morgan fingerprint density at radius 1 is 1.19 bits per heavy atom. The van der Waals surface area contributed by atoms with Crippen LogP contribution in [-0.4, -0.2) is 42.7 Å². The summed E-state index contributed by atoms with van der Waals surface area (Å²) in [5.74, 6) is -0.104. The average Bonchev–Trinajstić information content (AvgIpc) is 2.45. The zero-order valence-corrected chi connectivity index (χ0v) is 13.8. The normalized spacial score (nSPS) is 10.9. The molecule has 6 heteroatoms. The Bertz CT molecular complexity index is 435. The second-order valence-electron chi connectivity index (χ2n) is 4.98. The Labute approximate surface area is 136 Å². The van der Waals surface area contributed by atoms with E-state index < -0.39 is 0 Å². The van der Waals surface area contributed by atoms with Crippen molar-refractivity contribution in [2.24, 2.45) is 0 Å². The Hall–Kier alpha value is -0.810. The molecule has 0 radical (unpaired) electrons. The molecule has 0 fully saturated rings. The Morgan fingerprint density at radius 2 is 1.86 bits per heavy atom. The summed E-state index contributed by atoms with van der Waals surface area (Å²) in [5, 5.41) is 12.3. The first-order valence-corrected chi connectivity index (χ1v) is 7.83. The Balaban J connectivity index is 2.31. The highest BCUT2D eigenvalue weighted by Gasteiger charge is 2.10. The lowest BCUT2D eigenvalue weighted by Crippen LogP contribution is -2.25. The molecule has 0 aliphatic rings. The summed E-state index contributed by atoms with van der Waals surface area (Å²) in [6, 6.07) is 5.12. The zero-order chi connectivity index (χ0) is 15.7. The van der Waals surface area contributed by atoms with Crippen molar-refractivity contribution in [1.82, 2.24) is 4.90 Å². The predicted molar refractivity (Wildman–Crippen MR) is 88.1 cm³/mol. The van der Waals surface area contributed by atoms with E-state index in [2.05, 4.69) is 10.2 Å². The molecule has 118 valence electrons. The summed E-state index contributed by atoms with van der Waals surface area (Å²) in [6.07, 6.45) is 3.24. The molecule has 1 aromatic rings. The second-order valence-corrected chi connectivity index (χ2v) is 5.80. The number of unbranched alkanes of at least 4 members (excludes halogenated alkanes) is 2. The van der Waals surface area contributed by atoms with Gasteiger partial charge in [-0.2, -0.15) is 0 Å². The topological polar surface area (TPSA) is 52.6 Å². The summed E-state index contributed by atoms with van der Waals surface area (Å²) in [7, 11) is 1.98. The summed E-state index contributed by atoms with van der Waals surface area (Å²) in [6.45, 7) is 1.83. The molecule has 1 amide bonds. The molecule has 0 atom stereocenters. The van der Waals surface area contributed by atoms with Gasteiger partial charge in [-0.3, -0.25) is 4.79 Å². The molecular weight excluding hydrogens is 311 g/mol. The molecular formula is C15H22Cl2N2O2. The van der Waals surface area contributed by atoms with E-state index in [9.17, 15) is 4.79 Å². The largest absolute Gasteiger partial charge is 0.396 e. The number of nitrogens with zero attached hydrogens (tertiary/aromatic N) is 1. The maximum Gasteiger partial charge on any atom is 0.225 e. The molecule has 1 aromatic carbocycles. The maximum absolute atomic E-state index is 11.9. The van der Waals surface area contributed by atoms with E-state index in [1.807, 2.05) is 7.05 Å². The highest BCUT2D eigenvalue weighted by molar-refractivity contribution is 6.39. The van der Waals surface area contributed by atoms with Crippen molar-refractivity contribution >= 4 is 34.8 Å². The predicted octanol–water partition coefficient (Wildman–Crippen LogP) is 3.42. The van der Waals surface area contributed by atoms with Gasteiger partial charge in [-0.15, -0.1) is 0 Å². The Morgan fingerprint density at radius 3 is 2.48 bits per heavy atom. The first-order chi connectivity index (χ1) is 10.0. The molecule has 4 nitrogen and oxygen atoms in total. The third kappa shape index (κ3) is 7.14. The SMILES string of the molecule is CN(CCCCCO)CCC(=O)Nc1c(Cl)cccc1Cl. The molecule has 0 unspecified atom stereocenters. The van der Waals surface area contributed by atoms with E-state index in [4.69, 9.17) is 28.3 Å². The number of hydrogen-bond donors (Lipinski definition) is 2. The number of amides is 1. The molecule has 1 rings (SSSR count). The first kappa shape index (κ1) is 18.2. The minimum Gasteiger partial charge on any atom is -0.396 e. The van der Waals surface area contributed by atoms with Gasteiger partial charge in [0.05, 0.1) is 15.7 Å². The highest BCUT2D eigenvalue weighted by Crippen LogP contribution is 2.29. The lowest BCUT2D eigenvalue weighted by molar-refractivity contribution is -0.116. The lowest BCUT2D eigenvalue weighted by Gasteiger charge is -2.16. The van der Waals surface area contributed by atoms with Crippen molar-refractivity contribution in [1.29, 1.82) is 0 Å². The number of carbonyl (C=O) groups is 1. The summed E-state index contributed by atoms with van der Waals surface area (Å²) in [4.78, 5) is 14.0. The van der Waals surface area contributed by atoms with Crippen molar-refractivity contribution in [3.63, 3.8) is 0 Å². The summed E-state index contributed by atoms with van der Waals surface area (Å²) < 4.78 is 0. The number of carbonyl (C=O) groups excluding carboxylic acids is 1. The number of hydrogen-bond acceptors (Lipinski definition) is 3. The van der Waals surface area contributed by atoms with Gasteiger partial charge in [-0.1, -0.05) is 29.3 Å². The number of nitrogens with one attached hydrogen (secondary N) is 1. The number of aliphatic hydroxyl groups is 1.